The molecule has 1 fully saturated rings. The second-order valence-electron chi connectivity index (χ2n) is 5.91. The molecule has 3 heterocycles. The predicted molar refractivity (Wildman–Crippen MR) is 106 cm³/mol. The molecule has 0 radical (unpaired) electrons. The van der Waals surface area contributed by atoms with Gasteiger partial charge >= 0.3 is 0 Å². The lowest BCUT2D eigenvalue weighted by atomic mass is 10.2. The largest absolute Gasteiger partial charge is 0.471 e. The zero-order chi connectivity index (χ0) is 17.9. The Labute approximate surface area is 164 Å². The lowest BCUT2D eigenvalue weighted by Gasteiger charge is -2.13. The highest BCUT2D eigenvalue weighted by molar-refractivity contribution is 14.1. The Morgan fingerprint density at radius 1 is 1.27 bits per heavy atom. The fraction of sp³-hybridized carbons (Fsp3) is 0.222. The van der Waals surface area contributed by atoms with Gasteiger partial charge < -0.3 is 15.4 Å². The first kappa shape index (κ1) is 16.9. The van der Waals surface area contributed by atoms with Gasteiger partial charge in [0.25, 0.3) is 5.88 Å². The van der Waals surface area contributed by atoms with Crippen molar-refractivity contribution in [2.45, 2.75) is 12.5 Å². The van der Waals surface area contributed by atoms with Crippen LogP contribution in [0.25, 0.3) is 10.8 Å². The average molecular weight is 458 g/mol. The van der Waals surface area contributed by atoms with Crippen LogP contribution in [0.1, 0.15) is 12.1 Å². The van der Waals surface area contributed by atoms with Crippen molar-refractivity contribution in [3.63, 3.8) is 0 Å². The molecule has 0 saturated carbocycles. The highest BCUT2D eigenvalue weighted by Crippen LogP contribution is 2.24. The fourth-order valence-corrected chi connectivity index (χ4v) is 3.47. The van der Waals surface area contributed by atoms with E-state index in [-0.39, 0.29) is 17.7 Å². The number of fused-ring (bicyclic) bond motifs is 1. The molecule has 26 heavy (non-hydrogen) atoms. The number of benzene rings is 1. The summed E-state index contributed by atoms with van der Waals surface area (Å²) in [5.41, 5.74) is 0.184. The van der Waals surface area contributed by atoms with Gasteiger partial charge in [0.2, 0.25) is 5.69 Å². The van der Waals surface area contributed by atoms with Crippen molar-refractivity contribution in [3.8, 4) is 11.9 Å². The summed E-state index contributed by atoms with van der Waals surface area (Å²) >= 11 is 2.29. The van der Waals surface area contributed by atoms with E-state index in [0.29, 0.717) is 11.6 Å². The Hall–Kier alpha value is -2.51. The minimum Gasteiger partial charge on any atom is -0.471 e. The first-order valence-corrected chi connectivity index (χ1v) is 9.26. The van der Waals surface area contributed by atoms with Crippen molar-refractivity contribution in [1.82, 2.24) is 20.3 Å². The van der Waals surface area contributed by atoms with E-state index in [0.717, 1.165) is 33.9 Å². The van der Waals surface area contributed by atoms with Crippen LogP contribution in [0.15, 0.2) is 36.7 Å². The number of pyridine rings is 1. The first-order valence-electron chi connectivity index (χ1n) is 8.19. The van der Waals surface area contributed by atoms with Crippen LogP contribution in [0.4, 0.5) is 11.6 Å². The van der Waals surface area contributed by atoms with Crippen molar-refractivity contribution < 1.29 is 4.74 Å². The van der Waals surface area contributed by atoms with E-state index in [9.17, 15) is 5.26 Å². The van der Waals surface area contributed by atoms with Crippen molar-refractivity contribution >= 4 is 45.0 Å². The number of rotatable bonds is 4. The zero-order valence-corrected chi connectivity index (χ0v) is 15.9. The number of ether oxygens (including phenoxy) is 1. The second kappa shape index (κ2) is 7.39. The van der Waals surface area contributed by atoms with Gasteiger partial charge in [-0.05, 0) is 53.1 Å². The van der Waals surface area contributed by atoms with Crippen LogP contribution in [0.5, 0.6) is 5.88 Å². The third-order valence-corrected chi connectivity index (χ3v) is 5.05. The molecule has 130 valence electrons. The Kier molecular flexibility index (Phi) is 4.81. The number of nitriles is 1. The van der Waals surface area contributed by atoms with E-state index in [1.807, 2.05) is 36.5 Å². The predicted octanol–water partition coefficient (Wildman–Crippen LogP) is 2.99. The molecule has 2 N–H and O–H groups in total. The highest BCUT2D eigenvalue weighted by atomic mass is 127. The summed E-state index contributed by atoms with van der Waals surface area (Å²) in [6, 6.07) is 10.1. The molecule has 1 aromatic carbocycles. The maximum Gasteiger partial charge on any atom is 0.253 e. The quantitative estimate of drug-likeness (QED) is 0.581. The van der Waals surface area contributed by atoms with Crippen LogP contribution in [-0.4, -0.2) is 34.1 Å². The van der Waals surface area contributed by atoms with Crippen molar-refractivity contribution in [2.75, 3.05) is 18.4 Å². The molecule has 3 aromatic rings. The molecule has 0 aliphatic carbocycles. The van der Waals surface area contributed by atoms with Gasteiger partial charge in [-0.1, -0.05) is 12.1 Å². The van der Waals surface area contributed by atoms with Crippen molar-refractivity contribution in [3.05, 3.63) is 45.9 Å². The third-order valence-electron chi connectivity index (χ3n) is 4.11. The van der Waals surface area contributed by atoms with Crippen LogP contribution in [0.3, 0.4) is 0 Å². The van der Waals surface area contributed by atoms with Gasteiger partial charge in [-0.3, -0.25) is 0 Å². The Balaban J connectivity index is 1.60. The van der Waals surface area contributed by atoms with Gasteiger partial charge in [0.1, 0.15) is 18.0 Å². The monoisotopic (exact) mass is 458 g/mol. The summed E-state index contributed by atoms with van der Waals surface area (Å²) in [6.07, 6.45) is 4.24. The van der Waals surface area contributed by atoms with E-state index in [2.05, 4.69) is 48.2 Å². The summed E-state index contributed by atoms with van der Waals surface area (Å²) in [4.78, 5) is 13.0. The molecule has 2 aromatic heterocycles. The van der Waals surface area contributed by atoms with Gasteiger partial charge in [-0.2, -0.15) is 10.2 Å². The molecular formula is C18H15IN6O. The van der Waals surface area contributed by atoms with E-state index < -0.39 is 0 Å². The summed E-state index contributed by atoms with van der Waals surface area (Å²) in [6.45, 7) is 1.65. The van der Waals surface area contributed by atoms with Gasteiger partial charge in [0.15, 0.2) is 5.82 Å². The Morgan fingerprint density at radius 3 is 3.00 bits per heavy atom. The molecular weight excluding hydrogens is 443 g/mol. The van der Waals surface area contributed by atoms with E-state index in [1.54, 1.807) is 0 Å². The molecule has 0 bridgehead atoms. The minimum absolute atomic E-state index is 0.00696. The van der Waals surface area contributed by atoms with E-state index in [1.165, 1.54) is 6.20 Å². The lowest BCUT2D eigenvalue weighted by Crippen LogP contribution is -2.21. The summed E-state index contributed by atoms with van der Waals surface area (Å²) in [7, 11) is 0. The molecule has 7 nitrogen and oxygen atoms in total. The molecule has 1 saturated heterocycles. The summed E-state index contributed by atoms with van der Waals surface area (Å²) in [5.74, 6) is 1.40. The van der Waals surface area contributed by atoms with Gasteiger partial charge in [0.05, 0.1) is 6.20 Å². The number of hydrogen-bond donors (Lipinski definition) is 2. The number of nitrogens with one attached hydrogen (secondary N) is 2. The summed E-state index contributed by atoms with van der Waals surface area (Å²) < 4.78 is 6.99. The third kappa shape index (κ3) is 3.54. The maximum absolute atomic E-state index is 9.24. The summed E-state index contributed by atoms with van der Waals surface area (Å²) in [5, 5.41) is 17.8. The smallest absolute Gasteiger partial charge is 0.253 e. The second-order valence-corrected chi connectivity index (χ2v) is 7.07. The number of anilines is 2. The standard InChI is InChI=1S/C18H15IN6O/c19-14-3-1-2-11-6-16(23-9-13(11)14)24-17-10-22-15(7-20)18(25-17)26-12-4-5-21-8-12/h1-3,6,9-10,12,21H,4-5,8H2,(H,23,24,25)/t12-/m1/s1. The van der Waals surface area contributed by atoms with E-state index in [4.69, 9.17) is 4.74 Å². The Bertz CT molecular complexity index is 997. The number of hydrogen-bond acceptors (Lipinski definition) is 7. The van der Waals surface area contributed by atoms with Gasteiger partial charge in [-0.25, -0.2) is 9.97 Å². The fourth-order valence-electron chi connectivity index (χ4n) is 2.81. The number of halogens is 1. The molecule has 1 aliphatic heterocycles. The van der Waals surface area contributed by atoms with E-state index >= 15 is 0 Å². The maximum atomic E-state index is 9.24. The molecule has 4 rings (SSSR count). The average Bonchev–Trinajstić information content (AvgIpc) is 3.15. The highest BCUT2D eigenvalue weighted by Gasteiger charge is 2.19. The van der Waals surface area contributed by atoms with Crippen LogP contribution in [0, 0.1) is 14.9 Å². The SMILES string of the molecule is N#Cc1ncc(Nc2cc3cccc(I)c3cn2)nc1O[C@@H]1CCNC1. The molecule has 8 heteroatoms. The molecule has 0 spiro atoms. The first-order chi connectivity index (χ1) is 12.7. The number of nitrogens with zero attached hydrogens (tertiary/aromatic N) is 4. The Morgan fingerprint density at radius 2 is 2.19 bits per heavy atom. The lowest BCUT2D eigenvalue weighted by molar-refractivity contribution is 0.212. The van der Waals surface area contributed by atoms with Crippen LogP contribution < -0.4 is 15.4 Å². The molecule has 1 aliphatic rings. The van der Waals surface area contributed by atoms with Crippen molar-refractivity contribution in [1.29, 1.82) is 5.26 Å². The minimum atomic E-state index is 0.00696. The zero-order valence-electron chi connectivity index (χ0n) is 13.7. The van der Waals surface area contributed by atoms with Crippen LogP contribution >= 0.6 is 22.6 Å². The normalized spacial score (nSPS) is 16.4. The van der Waals surface area contributed by atoms with Gasteiger partial charge in [0, 0.05) is 21.7 Å². The van der Waals surface area contributed by atoms with Gasteiger partial charge in [-0.15, -0.1) is 0 Å². The molecule has 1 atom stereocenters. The topological polar surface area (TPSA) is 95.8 Å². The molecule has 0 unspecified atom stereocenters. The number of aromatic nitrogens is 3. The van der Waals surface area contributed by atoms with Crippen LogP contribution in [0.2, 0.25) is 0 Å². The van der Waals surface area contributed by atoms with Crippen LogP contribution in [-0.2, 0) is 0 Å². The van der Waals surface area contributed by atoms with Crippen molar-refractivity contribution in [2.24, 2.45) is 0 Å². The molecule has 0 amide bonds.